The van der Waals surface area contributed by atoms with Gasteiger partial charge in [0.2, 0.25) is 0 Å². The molecule has 6 nitrogen and oxygen atoms in total. The summed E-state index contributed by atoms with van der Waals surface area (Å²) >= 11 is 0. The number of hydrogen-bond acceptors (Lipinski definition) is 5. The molecule has 0 bridgehead atoms. The molecule has 0 aromatic rings. The molecular weight excluding hydrogens is 267 g/mol. The molecule has 2 N–H and O–H groups in total. The number of allylic oxidation sites excluding steroid dienone is 1. The fraction of sp³-hybridized carbons (Fsp3) is 0.714. The van der Waals surface area contributed by atoms with Crippen LogP contribution in [0.15, 0.2) is 17.6 Å². The number of carbonyl (C=O) groups is 1. The maximum atomic E-state index is 11.5. The second-order valence-electron chi connectivity index (χ2n) is 4.84. The van der Waals surface area contributed by atoms with E-state index in [1.54, 1.807) is 6.92 Å². The topological polar surface area (TPSA) is 96.2 Å². The van der Waals surface area contributed by atoms with E-state index >= 15 is 0 Å². The number of aliphatic hydroxyl groups excluding tert-OH is 1. The Morgan fingerprint density at radius 1 is 1.43 bits per heavy atom. The van der Waals surface area contributed by atoms with E-state index in [9.17, 15) is 15.0 Å². The molecule has 0 aliphatic rings. The van der Waals surface area contributed by atoms with E-state index < -0.39 is 12.1 Å². The summed E-state index contributed by atoms with van der Waals surface area (Å²) in [4.78, 5) is 15.9. The van der Waals surface area contributed by atoms with E-state index in [1.807, 2.05) is 6.08 Å². The first kappa shape index (κ1) is 22.5. The number of unbranched alkanes of at least 4 members (excludes halogenated alkanes) is 3. The molecule has 1 unspecified atom stereocenters. The molecule has 0 fully saturated rings. The number of aliphatic imine (C=N–C) groups is 1. The van der Waals surface area contributed by atoms with Gasteiger partial charge in [0, 0.05) is 6.54 Å². The molecule has 0 aliphatic heterocycles. The summed E-state index contributed by atoms with van der Waals surface area (Å²) in [6, 6.07) is 0. The Balaban J connectivity index is 0. The van der Waals surface area contributed by atoms with Crippen molar-refractivity contribution in [3.05, 3.63) is 12.7 Å². The molecule has 7 heteroatoms. The fourth-order valence-electron chi connectivity index (χ4n) is 1.74. The van der Waals surface area contributed by atoms with Crippen LogP contribution in [0.3, 0.4) is 0 Å². The van der Waals surface area contributed by atoms with E-state index in [0.29, 0.717) is 6.42 Å². The van der Waals surface area contributed by atoms with Crippen LogP contribution in [-0.4, -0.2) is 52.8 Å². The van der Waals surface area contributed by atoms with E-state index in [0.717, 1.165) is 25.7 Å². The maximum absolute atomic E-state index is 11.5. The van der Waals surface area contributed by atoms with Crippen molar-refractivity contribution < 1.29 is 39.0 Å². The Bertz CT molecular complexity index is 322. The van der Waals surface area contributed by atoms with Gasteiger partial charge < -0.3 is 15.3 Å². The third-order valence-corrected chi connectivity index (χ3v) is 2.63. The average Bonchev–Trinajstić information content (AvgIpc) is 2.34. The average molecular weight is 292 g/mol. The molecule has 116 valence electrons. The van der Waals surface area contributed by atoms with Crippen LogP contribution in [-0.2, 0) is 4.79 Å². The van der Waals surface area contributed by atoms with Crippen molar-refractivity contribution in [1.82, 2.24) is 4.90 Å². The molecule has 21 heavy (non-hydrogen) atoms. The van der Waals surface area contributed by atoms with Gasteiger partial charge in [-0.05, 0) is 38.5 Å². The van der Waals surface area contributed by atoms with E-state index in [4.69, 9.17) is 5.11 Å². The van der Waals surface area contributed by atoms with Crippen LogP contribution in [0.1, 0.15) is 39.0 Å². The quantitative estimate of drug-likeness (QED) is 0.138. The van der Waals surface area contributed by atoms with Crippen LogP contribution in [0, 0.1) is 0 Å². The normalized spacial score (nSPS) is 12.8. The summed E-state index contributed by atoms with van der Waals surface area (Å²) in [5, 5.41) is 29.5. The Morgan fingerprint density at radius 2 is 2.10 bits per heavy atom. The smallest absolute Gasteiger partial charge is 0.862 e. The minimum Gasteiger partial charge on any atom is -0.862 e. The molecule has 0 aromatic carbocycles. The van der Waals surface area contributed by atoms with Crippen molar-refractivity contribution in [1.29, 1.82) is 0 Å². The molecule has 0 aromatic heterocycles. The van der Waals surface area contributed by atoms with Gasteiger partial charge in [0.15, 0.2) is 0 Å². The summed E-state index contributed by atoms with van der Waals surface area (Å²) in [7, 11) is 0. The van der Waals surface area contributed by atoms with Crippen molar-refractivity contribution in [2.45, 2.75) is 45.1 Å². The molecular formula is C14H25LiN2O4. The second kappa shape index (κ2) is 14.1. The summed E-state index contributed by atoms with van der Waals surface area (Å²) < 4.78 is 0. The number of aliphatic carboxylic acids is 1. The third kappa shape index (κ3) is 15.4. The van der Waals surface area contributed by atoms with Gasteiger partial charge in [-0.15, -0.1) is 6.58 Å². The zero-order chi connectivity index (χ0) is 15.4. The first-order valence-electron chi connectivity index (χ1n) is 6.89. The molecule has 0 saturated heterocycles. The molecule has 0 heterocycles. The van der Waals surface area contributed by atoms with E-state index in [-0.39, 0.29) is 44.5 Å². The predicted molar refractivity (Wildman–Crippen MR) is 76.5 cm³/mol. The molecule has 0 saturated carbocycles. The van der Waals surface area contributed by atoms with Crippen molar-refractivity contribution in [2.75, 3.05) is 19.8 Å². The van der Waals surface area contributed by atoms with E-state index in [2.05, 4.69) is 11.6 Å². The number of carboxylic acids is 1. The van der Waals surface area contributed by atoms with Crippen LogP contribution in [0.4, 0.5) is 0 Å². The number of rotatable bonds is 12. The van der Waals surface area contributed by atoms with Crippen molar-refractivity contribution in [2.24, 2.45) is 4.99 Å². The number of aliphatic hydroxyl groups is 1. The van der Waals surface area contributed by atoms with Crippen LogP contribution >= 0.6 is 0 Å². The Labute approximate surface area is 138 Å². The van der Waals surface area contributed by atoms with Gasteiger partial charge in [0.05, 0.1) is 19.3 Å². The Kier molecular flexibility index (Phi) is 15.1. The minimum atomic E-state index is -1.00. The zero-order valence-electron chi connectivity index (χ0n) is 13.1. The van der Waals surface area contributed by atoms with Gasteiger partial charge >= 0.3 is 24.8 Å². The SMILES string of the molecule is C=CCCCCCC([O-])=NCN(CC(=O)O)CC(C)O.[Li+]. The standard InChI is InChI=1S/C14H26N2O4.Li/c1-3-4-5-6-7-8-13(18)15-11-16(9-12(2)17)10-14(19)20;/h3,12,17H,1,4-11H2,2H3,(H,15,18)(H,19,20);/q;+1/p-1. The molecule has 0 amide bonds. The number of nitrogens with zero attached hydrogens (tertiary/aromatic N) is 2. The zero-order valence-corrected chi connectivity index (χ0v) is 13.1. The molecule has 1 atom stereocenters. The maximum Gasteiger partial charge on any atom is 1.00 e. The first-order valence-corrected chi connectivity index (χ1v) is 6.89. The predicted octanol–water partition coefficient (Wildman–Crippen LogP) is -2.39. The molecule has 0 radical (unpaired) electrons. The minimum absolute atomic E-state index is 0. The van der Waals surface area contributed by atoms with Gasteiger partial charge in [-0.1, -0.05) is 12.5 Å². The van der Waals surface area contributed by atoms with Crippen molar-refractivity contribution in [3.63, 3.8) is 0 Å². The van der Waals surface area contributed by atoms with Crippen LogP contribution in [0.25, 0.3) is 0 Å². The number of carboxylic acid groups (broad SMARTS) is 1. The summed E-state index contributed by atoms with van der Waals surface area (Å²) in [6.45, 7) is 5.16. The second-order valence-corrected chi connectivity index (χ2v) is 4.84. The van der Waals surface area contributed by atoms with Gasteiger partial charge in [0.1, 0.15) is 0 Å². The number of hydrogen-bond donors (Lipinski definition) is 2. The Morgan fingerprint density at radius 3 is 2.62 bits per heavy atom. The van der Waals surface area contributed by atoms with Crippen LogP contribution in [0.5, 0.6) is 0 Å². The van der Waals surface area contributed by atoms with Crippen molar-refractivity contribution in [3.8, 4) is 0 Å². The summed E-state index contributed by atoms with van der Waals surface area (Å²) in [5.41, 5.74) is 0. The van der Waals surface area contributed by atoms with E-state index in [1.165, 1.54) is 4.90 Å². The van der Waals surface area contributed by atoms with Gasteiger partial charge in [-0.25, -0.2) is 0 Å². The van der Waals surface area contributed by atoms with Gasteiger partial charge in [-0.3, -0.25) is 14.7 Å². The fourth-order valence-corrected chi connectivity index (χ4v) is 1.74. The van der Waals surface area contributed by atoms with Crippen molar-refractivity contribution >= 4 is 11.9 Å². The first-order chi connectivity index (χ1) is 9.45. The third-order valence-electron chi connectivity index (χ3n) is 2.63. The van der Waals surface area contributed by atoms with Gasteiger partial charge in [0.25, 0.3) is 0 Å². The summed E-state index contributed by atoms with van der Waals surface area (Å²) in [5.74, 6) is -1.22. The molecule has 0 aliphatic carbocycles. The largest absolute Gasteiger partial charge is 1.00 e. The molecule has 0 spiro atoms. The summed E-state index contributed by atoms with van der Waals surface area (Å²) in [6.07, 6.45) is 5.29. The Hall–Kier alpha value is -0.803. The van der Waals surface area contributed by atoms with Crippen LogP contribution < -0.4 is 24.0 Å². The van der Waals surface area contributed by atoms with Gasteiger partial charge in [-0.2, -0.15) is 0 Å². The van der Waals surface area contributed by atoms with Crippen LogP contribution in [0.2, 0.25) is 0 Å². The monoisotopic (exact) mass is 292 g/mol. The molecule has 0 rings (SSSR count).